The standard InChI is InChI=1S/C28H26FN7O7/c1-2-30-28(40)35-23-20-24(32-12-31-23)36(13-33-20)25-22-21(42-27(43-22)14-7-4-3-5-8-14)17(41-25)11-18(37)34-19-15(26(38)39)9-6-10-16(19)29/h3-10,12-13,17,21-22,25,27H,2,11H2,1H3,(H,34,37)(H,38,39)(H2,30,31,32,35,40)/t17?,21?,22?,25?,27-/m0/s1. The molecule has 0 spiro atoms. The molecule has 4 unspecified atom stereocenters. The van der Waals surface area contributed by atoms with Gasteiger partial charge < -0.3 is 30.0 Å². The Balaban J connectivity index is 1.29. The average molecular weight is 592 g/mol. The zero-order chi connectivity index (χ0) is 30.1. The van der Waals surface area contributed by atoms with E-state index in [-0.39, 0.29) is 17.8 Å². The molecule has 2 saturated heterocycles. The monoisotopic (exact) mass is 591 g/mol. The Hall–Kier alpha value is -4.99. The molecule has 43 heavy (non-hydrogen) atoms. The number of ether oxygens (including phenoxy) is 3. The van der Waals surface area contributed by atoms with E-state index in [0.717, 1.165) is 11.6 Å². The van der Waals surface area contributed by atoms with Crippen LogP contribution in [0, 0.1) is 5.82 Å². The Kier molecular flexibility index (Phi) is 7.67. The second kappa shape index (κ2) is 11.7. The fourth-order valence-electron chi connectivity index (χ4n) is 5.13. The van der Waals surface area contributed by atoms with E-state index in [4.69, 9.17) is 14.2 Å². The van der Waals surface area contributed by atoms with E-state index in [9.17, 15) is 23.9 Å². The molecule has 2 aromatic carbocycles. The molecular weight excluding hydrogens is 565 g/mol. The van der Waals surface area contributed by atoms with E-state index >= 15 is 0 Å². The minimum Gasteiger partial charge on any atom is -0.478 e. The summed E-state index contributed by atoms with van der Waals surface area (Å²) in [5.74, 6) is -2.78. The van der Waals surface area contributed by atoms with Gasteiger partial charge in [-0.25, -0.2) is 28.9 Å². The van der Waals surface area contributed by atoms with Crippen LogP contribution in [0.1, 0.15) is 41.8 Å². The molecular formula is C28H26FN7O7. The molecule has 0 bridgehead atoms. The molecule has 15 heteroatoms. The summed E-state index contributed by atoms with van der Waals surface area (Å²) in [5, 5.41) is 17.1. The zero-order valence-electron chi connectivity index (χ0n) is 22.6. The van der Waals surface area contributed by atoms with E-state index in [1.807, 2.05) is 30.3 Å². The van der Waals surface area contributed by atoms with Crippen molar-refractivity contribution in [2.75, 3.05) is 17.2 Å². The Morgan fingerprint density at radius 3 is 2.53 bits per heavy atom. The molecule has 2 aromatic heterocycles. The van der Waals surface area contributed by atoms with Gasteiger partial charge in [-0.3, -0.25) is 14.7 Å². The predicted molar refractivity (Wildman–Crippen MR) is 147 cm³/mol. The molecule has 0 aliphatic carbocycles. The molecule has 0 saturated carbocycles. The van der Waals surface area contributed by atoms with Gasteiger partial charge in [-0.1, -0.05) is 36.4 Å². The van der Waals surface area contributed by atoms with Crippen LogP contribution in [0.5, 0.6) is 0 Å². The maximum absolute atomic E-state index is 14.5. The molecule has 2 fully saturated rings. The fraction of sp³-hybridized carbons (Fsp3) is 0.286. The highest BCUT2D eigenvalue weighted by atomic mass is 19.1. The number of carboxylic acid groups (broad SMARTS) is 1. The molecule has 5 atom stereocenters. The van der Waals surface area contributed by atoms with Gasteiger partial charge in [-0.05, 0) is 19.1 Å². The minimum atomic E-state index is -1.39. The number of benzene rings is 2. The Morgan fingerprint density at radius 2 is 1.77 bits per heavy atom. The molecule has 3 amide bonds. The van der Waals surface area contributed by atoms with Gasteiger partial charge in [0.05, 0.1) is 30.1 Å². The Labute approximate surface area is 243 Å². The van der Waals surface area contributed by atoms with Gasteiger partial charge in [0.2, 0.25) is 5.91 Å². The number of urea groups is 1. The number of anilines is 2. The summed E-state index contributed by atoms with van der Waals surface area (Å²) in [7, 11) is 0. The van der Waals surface area contributed by atoms with Crippen molar-refractivity contribution in [2.24, 2.45) is 0 Å². The summed E-state index contributed by atoms with van der Waals surface area (Å²) < 4.78 is 34.9. The first-order valence-electron chi connectivity index (χ1n) is 13.4. The van der Waals surface area contributed by atoms with Gasteiger partial charge in [0.15, 0.2) is 29.5 Å². The van der Waals surface area contributed by atoms with Crippen LogP contribution in [0.2, 0.25) is 0 Å². The van der Waals surface area contributed by atoms with Crippen molar-refractivity contribution in [2.45, 2.75) is 44.2 Å². The fourth-order valence-corrected chi connectivity index (χ4v) is 5.13. The summed E-state index contributed by atoms with van der Waals surface area (Å²) in [4.78, 5) is 49.7. The van der Waals surface area contributed by atoms with Crippen LogP contribution < -0.4 is 16.0 Å². The zero-order valence-corrected chi connectivity index (χ0v) is 22.6. The number of amides is 3. The van der Waals surface area contributed by atoms with Crippen LogP contribution in [0.15, 0.2) is 61.2 Å². The number of aromatic carboxylic acids is 1. The summed E-state index contributed by atoms with van der Waals surface area (Å²) in [5.41, 5.74) is 0.556. The highest BCUT2D eigenvalue weighted by Crippen LogP contribution is 2.45. The number of carboxylic acids is 1. The number of rotatable bonds is 8. The Morgan fingerprint density at radius 1 is 0.977 bits per heavy atom. The van der Waals surface area contributed by atoms with Crippen LogP contribution >= 0.6 is 0 Å². The first-order chi connectivity index (χ1) is 20.8. The van der Waals surface area contributed by atoms with Gasteiger partial charge in [0.25, 0.3) is 0 Å². The number of carbonyl (C=O) groups is 3. The van der Waals surface area contributed by atoms with Crippen LogP contribution in [-0.4, -0.2) is 67.4 Å². The maximum atomic E-state index is 14.5. The topological polar surface area (TPSA) is 179 Å². The summed E-state index contributed by atoms with van der Waals surface area (Å²) >= 11 is 0. The first-order valence-corrected chi connectivity index (χ1v) is 13.4. The van der Waals surface area contributed by atoms with Crippen LogP contribution in [0.4, 0.5) is 20.7 Å². The summed E-state index contributed by atoms with van der Waals surface area (Å²) in [6.07, 6.45) is -1.55. The quantitative estimate of drug-likeness (QED) is 0.238. The van der Waals surface area contributed by atoms with Crippen LogP contribution in [-0.2, 0) is 19.0 Å². The number of imidazole rings is 1. The van der Waals surface area contributed by atoms with Crippen LogP contribution in [0.25, 0.3) is 11.2 Å². The second-order valence-electron chi connectivity index (χ2n) is 9.76. The second-order valence-corrected chi connectivity index (χ2v) is 9.76. The SMILES string of the molecule is CCNC(=O)Nc1ncnc2c1ncn2C1OC(CC(=O)Nc2c(F)cccc2C(=O)O)C2O[C@H](c3ccccc3)OC21. The number of nitrogens with one attached hydrogen (secondary N) is 3. The molecule has 4 aromatic rings. The highest BCUT2D eigenvalue weighted by molar-refractivity contribution is 6.01. The smallest absolute Gasteiger partial charge is 0.337 e. The number of aromatic nitrogens is 4. The number of hydrogen-bond donors (Lipinski definition) is 4. The maximum Gasteiger partial charge on any atom is 0.337 e. The normalized spacial score (nSPS) is 22.7. The summed E-state index contributed by atoms with van der Waals surface area (Å²) in [6.45, 7) is 2.19. The Bertz CT molecular complexity index is 1680. The van der Waals surface area contributed by atoms with E-state index in [1.54, 1.807) is 11.5 Å². The van der Waals surface area contributed by atoms with E-state index in [1.165, 1.54) is 24.8 Å². The molecule has 6 rings (SSSR count). The number of fused-ring (bicyclic) bond motifs is 2. The lowest BCUT2D eigenvalue weighted by atomic mass is 10.1. The third-order valence-corrected chi connectivity index (χ3v) is 7.02. The first kappa shape index (κ1) is 28.1. The van der Waals surface area contributed by atoms with Crippen molar-refractivity contribution >= 4 is 40.6 Å². The minimum absolute atomic E-state index is 0.185. The lowest BCUT2D eigenvalue weighted by Gasteiger charge is -2.21. The number of hydrogen-bond acceptors (Lipinski definition) is 9. The van der Waals surface area contributed by atoms with Gasteiger partial charge in [0, 0.05) is 12.1 Å². The molecule has 0 radical (unpaired) electrons. The summed E-state index contributed by atoms with van der Waals surface area (Å²) in [6, 6.07) is 12.3. The molecule has 4 heterocycles. The van der Waals surface area contributed by atoms with Crippen molar-refractivity contribution in [3.8, 4) is 0 Å². The van der Waals surface area contributed by atoms with Gasteiger partial charge in [0.1, 0.15) is 24.4 Å². The van der Waals surface area contributed by atoms with E-state index in [2.05, 4.69) is 30.9 Å². The van der Waals surface area contributed by atoms with Gasteiger partial charge >= 0.3 is 12.0 Å². The lowest BCUT2D eigenvalue weighted by Crippen LogP contribution is -2.32. The third kappa shape index (κ3) is 5.48. The predicted octanol–water partition coefficient (Wildman–Crippen LogP) is 3.21. The van der Waals surface area contributed by atoms with Crippen molar-refractivity contribution in [3.63, 3.8) is 0 Å². The molecule has 14 nitrogen and oxygen atoms in total. The lowest BCUT2D eigenvalue weighted by molar-refractivity contribution is -0.151. The molecule has 4 N–H and O–H groups in total. The van der Waals surface area contributed by atoms with Crippen molar-refractivity contribution in [1.29, 1.82) is 0 Å². The van der Waals surface area contributed by atoms with E-state index in [0.29, 0.717) is 17.7 Å². The number of nitrogens with zero attached hydrogens (tertiary/aromatic N) is 4. The van der Waals surface area contributed by atoms with Crippen LogP contribution in [0.3, 0.4) is 0 Å². The van der Waals surface area contributed by atoms with E-state index < -0.39 is 60.2 Å². The highest BCUT2D eigenvalue weighted by Gasteiger charge is 2.54. The average Bonchev–Trinajstić information content (AvgIpc) is 3.70. The molecule has 222 valence electrons. The number of halogens is 1. The van der Waals surface area contributed by atoms with Gasteiger partial charge in [-0.2, -0.15) is 0 Å². The number of carbonyl (C=O) groups excluding carboxylic acids is 2. The van der Waals surface area contributed by atoms with Gasteiger partial charge in [-0.15, -0.1) is 0 Å². The van der Waals surface area contributed by atoms with Crippen molar-refractivity contribution < 1.29 is 38.1 Å². The van der Waals surface area contributed by atoms with Crippen molar-refractivity contribution in [1.82, 2.24) is 24.8 Å². The van der Waals surface area contributed by atoms with Crippen molar-refractivity contribution in [3.05, 3.63) is 78.1 Å². The molecule has 2 aliphatic heterocycles. The molecule has 2 aliphatic rings. The third-order valence-electron chi connectivity index (χ3n) is 7.02. The number of para-hydroxylation sites is 1. The largest absolute Gasteiger partial charge is 0.478 e.